The zero-order valence-corrected chi connectivity index (χ0v) is 16.0. The first-order valence-electron chi connectivity index (χ1n) is 9.98. The second kappa shape index (κ2) is 7.25. The molecule has 1 fully saturated rings. The monoisotopic (exact) mass is 368 g/mol. The van der Waals surface area contributed by atoms with Crippen LogP contribution in [0.4, 0.5) is 4.79 Å². The van der Waals surface area contributed by atoms with Gasteiger partial charge in [0.05, 0.1) is 11.4 Å². The van der Waals surface area contributed by atoms with E-state index in [1.807, 2.05) is 0 Å². The van der Waals surface area contributed by atoms with Crippen LogP contribution in [-0.2, 0) is 24.2 Å². The second-order valence-corrected chi connectivity index (χ2v) is 7.80. The van der Waals surface area contributed by atoms with Gasteiger partial charge in [-0.3, -0.25) is 4.79 Å². The molecule has 6 heteroatoms. The number of aromatic nitrogens is 1. The normalized spacial score (nSPS) is 19.3. The number of carbonyl (C=O) groups is 2. The molecule has 1 atom stereocenters. The number of hydrogen-bond donors (Lipinski definition) is 2. The minimum atomic E-state index is -0.433. The van der Waals surface area contributed by atoms with Crippen molar-refractivity contribution in [2.75, 3.05) is 19.6 Å². The fraction of sp³-hybridized carbons (Fsp3) is 0.524. The summed E-state index contributed by atoms with van der Waals surface area (Å²) in [5.74, 6) is -0.116. The lowest BCUT2D eigenvalue weighted by Gasteiger charge is -2.30. The van der Waals surface area contributed by atoms with Gasteiger partial charge >= 0.3 is 6.03 Å². The Kier molecular flexibility index (Phi) is 4.81. The summed E-state index contributed by atoms with van der Waals surface area (Å²) in [6.07, 6.45) is 4.81. The molecule has 3 N–H and O–H groups in total. The highest BCUT2D eigenvalue weighted by Crippen LogP contribution is 2.32. The van der Waals surface area contributed by atoms with E-state index in [1.165, 1.54) is 34.1 Å². The van der Waals surface area contributed by atoms with Crippen LogP contribution in [0.1, 0.15) is 36.1 Å². The molecule has 0 bridgehead atoms. The SMILES string of the molecule is Cc1c(CCNC(=O)[C@@H]2CCCN(C(N)=O)C2)c2cccc3c2n1CCC3. The smallest absolute Gasteiger partial charge is 0.314 e. The van der Waals surface area contributed by atoms with Gasteiger partial charge in [-0.05, 0) is 50.2 Å². The van der Waals surface area contributed by atoms with Gasteiger partial charge in [0, 0.05) is 37.3 Å². The Labute approximate surface area is 159 Å². The lowest BCUT2D eigenvalue weighted by atomic mass is 9.97. The minimum absolute atomic E-state index is 0.0346. The van der Waals surface area contributed by atoms with E-state index < -0.39 is 6.03 Å². The van der Waals surface area contributed by atoms with E-state index in [1.54, 1.807) is 4.90 Å². The van der Waals surface area contributed by atoms with Crippen LogP contribution in [-0.4, -0.2) is 41.0 Å². The van der Waals surface area contributed by atoms with Gasteiger partial charge < -0.3 is 20.5 Å². The fourth-order valence-electron chi connectivity index (χ4n) is 4.75. The van der Waals surface area contributed by atoms with Gasteiger partial charge in [0.1, 0.15) is 0 Å². The number of amides is 3. The van der Waals surface area contributed by atoms with Crippen molar-refractivity contribution in [2.24, 2.45) is 11.7 Å². The van der Waals surface area contributed by atoms with Crippen molar-refractivity contribution in [3.63, 3.8) is 0 Å². The highest BCUT2D eigenvalue weighted by molar-refractivity contribution is 5.89. The van der Waals surface area contributed by atoms with Gasteiger partial charge in [-0.1, -0.05) is 18.2 Å². The number of nitrogens with zero attached hydrogens (tertiary/aromatic N) is 2. The summed E-state index contributed by atoms with van der Waals surface area (Å²) < 4.78 is 2.44. The van der Waals surface area contributed by atoms with Gasteiger partial charge in [-0.25, -0.2) is 4.79 Å². The maximum absolute atomic E-state index is 12.5. The predicted octanol–water partition coefficient (Wildman–Crippen LogP) is 2.35. The average Bonchev–Trinajstić information content (AvgIpc) is 2.96. The molecule has 6 nitrogen and oxygen atoms in total. The molecule has 3 amide bonds. The third-order valence-electron chi connectivity index (χ3n) is 6.16. The summed E-state index contributed by atoms with van der Waals surface area (Å²) >= 11 is 0. The Hall–Kier alpha value is -2.50. The number of urea groups is 1. The molecule has 0 radical (unpaired) electrons. The number of aryl methyl sites for hydroxylation is 2. The van der Waals surface area contributed by atoms with E-state index in [9.17, 15) is 9.59 Å². The lowest BCUT2D eigenvalue weighted by Crippen LogP contribution is -2.47. The number of nitrogens with two attached hydrogens (primary N) is 1. The largest absolute Gasteiger partial charge is 0.355 e. The molecular weight excluding hydrogens is 340 g/mol. The van der Waals surface area contributed by atoms with Gasteiger partial charge in [0.2, 0.25) is 5.91 Å². The molecule has 3 heterocycles. The summed E-state index contributed by atoms with van der Waals surface area (Å²) in [4.78, 5) is 25.5. The second-order valence-electron chi connectivity index (χ2n) is 7.80. The molecule has 27 heavy (non-hydrogen) atoms. The first-order chi connectivity index (χ1) is 13.1. The zero-order valence-electron chi connectivity index (χ0n) is 16.0. The molecule has 0 aliphatic carbocycles. The van der Waals surface area contributed by atoms with Crippen molar-refractivity contribution in [2.45, 2.75) is 45.6 Å². The third-order valence-corrected chi connectivity index (χ3v) is 6.16. The van der Waals surface area contributed by atoms with Crippen LogP contribution in [0.2, 0.25) is 0 Å². The Balaban J connectivity index is 1.43. The van der Waals surface area contributed by atoms with Gasteiger partial charge in [0.15, 0.2) is 0 Å². The average molecular weight is 368 g/mol. The molecule has 0 saturated carbocycles. The van der Waals surface area contributed by atoms with E-state index >= 15 is 0 Å². The first kappa shape index (κ1) is 17.9. The minimum Gasteiger partial charge on any atom is -0.355 e. The Morgan fingerprint density at radius 3 is 2.93 bits per heavy atom. The van der Waals surface area contributed by atoms with Crippen molar-refractivity contribution in [1.82, 2.24) is 14.8 Å². The topological polar surface area (TPSA) is 80.4 Å². The van der Waals surface area contributed by atoms with E-state index in [2.05, 4.69) is 35.0 Å². The highest BCUT2D eigenvalue weighted by atomic mass is 16.2. The zero-order chi connectivity index (χ0) is 19.0. The van der Waals surface area contributed by atoms with Crippen molar-refractivity contribution < 1.29 is 9.59 Å². The van der Waals surface area contributed by atoms with Gasteiger partial charge in [-0.2, -0.15) is 0 Å². The first-order valence-corrected chi connectivity index (χ1v) is 9.98. The molecule has 1 aromatic heterocycles. The maximum atomic E-state index is 12.5. The summed E-state index contributed by atoms with van der Waals surface area (Å²) in [7, 11) is 0. The third kappa shape index (κ3) is 3.29. The van der Waals surface area contributed by atoms with E-state index in [-0.39, 0.29) is 11.8 Å². The van der Waals surface area contributed by atoms with E-state index in [0.29, 0.717) is 19.6 Å². The molecule has 1 saturated heterocycles. The summed E-state index contributed by atoms with van der Waals surface area (Å²) in [5.41, 5.74) is 10.8. The van der Waals surface area contributed by atoms with Crippen molar-refractivity contribution in [3.05, 3.63) is 35.0 Å². The number of carbonyl (C=O) groups excluding carboxylic acids is 2. The Bertz CT molecular complexity index is 886. The molecule has 4 rings (SSSR count). The number of rotatable bonds is 4. The van der Waals surface area contributed by atoms with Crippen LogP contribution >= 0.6 is 0 Å². The Morgan fingerprint density at radius 1 is 1.26 bits per heavy atom. The van der Waals surface area contributed by atoms with Crippen LogP contribution in [0, 0.1) is 12.8 Å². The standard InChI is InChI=1S/C21H28N4O2/c1-14-17(18-8-2-5-15-6-4-12-25(14)19(15)18)9-10-23-20(26)16-7-3-11-24(13-16)21(22)27/h2,5,8,16H,3-4,6-7,9-13H2,1H3,(H2,22,27)(H,23,26)/t16-/m1/s1. The number of piperidine rings is 1. The lowest BCUT2D eigenvalue weighted by molar-refractivity contribution is -0.126. The molecule has 144 valence electrons. The number of primary amides is 1. The van der Waals surface area contributed by atoms with Crippen molar-refractivity contribution in [3.8, 4) is 0 Å². The van der Waals surface area contributed by atoms with Gasteiger partial charge in [0.25, 0.3) is 0 Å². The van der Waals surface area contributed by atoms with Crippen LogP contribution < -0.4 is 11.1 Å². The number of likely N-dealkylation sites (tertiary alicyclic amines) is 1. The van der Waals surface area contributed by atoms with Crippen molar-refractivity contribution in [1.29, 1.82) is 0 Å². The Morgan fingerprint density at radius 2 is 2.11 bits per heavy atom. The fourth-order valence-corrected chi connectivity index (χ4v) is 4.75. The van der Waals surface area contributed by atoms with E-state index in [0.717, 1.165) is 32.2 Å². The van der Waals surface area contributed by atoms with Crippen LogP contribution in [0.15, 0.2) is 18.2 Å². The molecule has 0 unspecified atom stereocenters. The van der Waals surface area contributed by atoms with Crippen molar-refractivity contribution >= 4 is 22.8 Å². The maximum Gasteiger partial charge on any atom is 0.314 e. The van der Waals surface area contributed by atoms with Crippen LogP contribution in [0.5, 0.6) is 0 Å². The summed E-state index contributed by atoms with van der Waals surface area (Å²) in [6.45, 7) is 4.98. The number of nitrogens with one attached hydrogen (secondary N) is 1. The quantitative estimate of drug-likeness (QED) is 0.869. The molecule has 0 spiro atoms. The molecule has 2 aromatic rings. The summed E-state index contributed by atoms with van der Waals surface area (Å²) in [5, 5.41) is 4.41. The van der Waals surface area contributed by atoms with Crippen LogP contribution in [0.25, 0.3) is 10.9 Å². The van der Waals surface area contributed by atoms with Crippen LogP contribution in [0.3, 0.4) is 0 Å². The number of para-hydroxylation sites is 1. The molecule has 2 aliphatic rings. The highest BCUT2D eigenvalue weighted by Gasteiger charge is 2.27. The number of hydrogen-bond acceptors (Lipinski definition) is 2. The van der Waals surface area contributed by atoms with Gasteiger partial charge in [-0.15, -0.1) is 0 Å². The molecule has 1 aromatic carbocycles. The predicted molar refractivity (Wildman–Crippen MR) is 106 cm³/mol. The molecular formula is C21H28N4O2. The summed E-state index contributed by atoms with van der Waals surface area (Å²) in [6, 6.07) is 6.15. The van der Waals surface area contributed by atoms with E-state index in [4.69, 9.17) is 5.73 Å². The molecule has 2 aliphatic heterocycles. The number of benzene rings is 1.